The van der Waals surface area contributed by atoms with Crippen molar-refractivity contribution < 1.29 is 10.2 Å². The van der Waals surface area contributed by atoms with Gasteiger partial charge in [0, 0.05) is 12.8 Å². The molecule has 0 fully saturated rings. The fourth-order valence-electron chi connectivity index (χ4n) is 1.60. The lowest BCUT2D eigenvalue weighted by Gasteiger charge is -2.21. The predicted octanol–water partition coefficient (Wildman–Crippen LogP) is 3.22. The van der Waals surface area contributed by atoms with Gasteiger partial charge in [-0.05, 0) is 12.8 Å². The maximum absolute atomic E-state index is 9.56. The van der Waals surface area contributed by atoms with E-state index in [1.807, 2.05) is 0 Å². The number of rotatable bonds is 9. The summed E-state index contributed by atoms with van der Waals surface area (Å²) >= 11 is 0. The van der Waals surface area contributed by atoms with Crippen LogP contribution in [-0.4, -0.2) is 16.0 Å². The Morgan fingerprint density at radius 2 is 1.21 bits per heavy atom. The molecule has 0 atom stereocenters. The summed E-state index contributed by atoms with van der Waals surface area (Å²) in [5, 5.41) is 19.1. The Morgan fingerprint density at radius 3 is 1.79 bits per heavy atom. The minimum atomic E-state index is -1.40. The molecule has 2 heteroatoms. The highest BCUT2D eigenvalue weighted by Gasteiger charge is 2.20. The molecule has 0 amide bonds. The lowest BCUT2D eigenvalue weighted by Crippen LogP contribution is -2.27. The van der Waals surface area contributed by atoms with Gasteiger partial charge in [0.05, 0.1) is 0 Å². The fraction of sp³-hybridized carbons (Fsp3) is 1.00. The zero-order valence-electron chi connectivity index (χ0n) is 9.76. The summed E-state index contributed by atoms with van der Waals surface area (Å²) in [5.41, 5.74) is 0. The highest BCUT2D eigenvalue weighted by atomic mass is 16.5. The van der Waals surface area contributed by atoms with Gasteiger partial charge in [-0.25, -0.2) is 0 Å². The summed E-state index contributed by atoms with van der Waals surface area (Å²) in [5.74, 6) is -1.40. The maximum Gasteiger partial charge on any atom is 0.162 e. The average Bonchev–Trinajstić information content (AvgIpc) is 2.15. The van der Waals surface area contributed by atoms with Crippen molar-refractivity contribution >= 4 is 0 Å². The molecule has 0 radical (unpaired) electrons. The largest absolute Gasteiger partial charge is 0.366 e. The van der Waals surface area contributed by atoms with Crippen LogP contribution in [0.5, 0.6) is 0 Å². The van der Waals surface area contributed by atoms with Crippen LogP contribution < -0.4 is 0 Å². The van der Waals surface area contributed by atoms with E-state index in [2.05, 4.69) is 13.8 Å². The van der Waals surface area contributed by atoms with Gasteiger partial charge < -0.3 is 10.2 Å². The molecule has 2 N–H and O–H groups in total. The summed E-state index contributed by atoms with van der Waals surface area (Å²) in [7, 11) is 0. The SMILES string of the molecule is CCCCCCCC(O)(O)CCCC. The minimum absolute atomic E-state index is 0.525. The predicted molar refractivity (Wildman–Crippen MR) is 60.1 cm³/mol. The quantitative estimate of drug-likeness (QED) is 0.445. The van der Waals surface area contributed by atoms with Crippen LogP contribution in [0.3, 0.4) is 0 Å². The molecule has 0 bridgehead atoms. The minimum Gasteiger partial charge on any atom is -0.366 e. The summed E-state index contributed by atoms with van der Waals surface area (Å²) in [6, 6.07) is 0. The molecular weight excluding hydrogens is 176 g/mol. The third kappa shape index (κ3) is 8.52. The Kier molecular flexibility index (Phi) is 8.20. The first-order valence-corrected chi connectivity index (χ1v) is 6.07. The van der Waals surface area contributed by atoms with Crippen molar-refractivity contribution in [2.24, 2.45) is 0 Å². The standard InChI is InChI=1S/C12H26O2/c1-3-5-7-8-9-11-12(13,14)10-6-4-2/h13-14H,3-11H2,1-2H3. The van der Waals surface area contributed by atoms with Crippen LogP contribution in [0.25, 0.3) is 0 Å². The molecule has 0 heterocycles. The zero-order valence-corrected chi connectivity index (χ0v) is 9.76. The van der Waals surface area contributed by atoms with Crippen molar-refractivity contribution in [1.82, 2.24) is 0 Å². The van der Waals surface area contributed by atoms with E-state index < -0.39 is 5.79 Å². The topological polar surface area (TPSA) is 40.5 Å². The smallest absolute Gasteiger partial charge is 0.162 e. The van der Waals surface area contributed by atoms with Gasteiger partial charge in [-0.15, -0.1) is 0 Å². The van der Waals surface area contributed by atoms with E-state index in [4.69, 9.17) is 0 Å². The second-order valence-electron chi connectivity index (χ2n) is 4.25. The Morgan fingerprint density at radius 1 is 0.714 bits per heavy atom. The normalized spacial score (nSPS) is 12.0. The molecule has 0 aromatic rings. The van der Waals surface area contributed by atoms with Crippen LogP contribution in [0.4, 0.5) is 0 Å². The van der Waals surface area contributed by atoms with Crippen LogP contribution in [0.1, 0.15) is 71.6 Å². The molecule has 14 heavy (non-hydrogen) atoms. The monoisotopic (exact) mass is 202 g/mol. The van der Waals surface area contributed by atoms with Crippen molar-refractivity contribution in [1.29, 1.82) is 0 Å². The Hall–Kier alpha value is -0.0800. The van der Waals surface area contributed by atoms with Crippen molar-refractivity contribution in [3.05, 3.63) is 0 Å². The first-order chi connectivity index (χ1) is 6.62. The molecule has 86 valence electrons. The van der Waals surface area contributed by atoms with Gasteiger partial charge in [-0.3, -0.25) is 0 Å². The molecule has 0 saturated carbocycles. The van der Waals surface area contributed by atoms with E-state index in [9.17, 15) is 10.2 Å². The van der Waals surface area contributed by atoms with E-state index >= 15 is 0 Å². The van der Waals surface area contributed by atoms with Crippen LogP contribution in [0.2, 0.25) is 0 Å². The first-order valence-electron chi connectivity index (χ1n) is 6.07. The lowest BCUT2D eigenvalue weighted by molar-refractivity contribution is -0.171. The van der Waals surface area contributed by atoms with Gasteiger partial charge >= 0.3 is 0 Å². The highest BCUT2D eigenvalue weighted by Crippen LogP contribution is 2.19. The molecule has 0 spiro atoms. The second kappa shape index (κ2) is 8.25. The molecule has 0 saturated heterocycles. The summed E-state index contributed by atoms with van der Waals surface area (Å²) in [4.78, 5) is 0. The van der Waals surface area contributed by atoms with Gasteiger partial charge in [0.15, 0.2) is 5.79 Å². The van der Waals surface area contributed by atoms with Crippen molar-refractivity contribution in [2.45, 2.75) is 77.4 Å². The Balaban J connectivity index is 3.35. The molecule has 0 aromatic heterocycles. The average molecular weight is 202 g/mol. The van der Waals surface area contributed by atoms with Gasteiger partial charge in [-0.2, -0.15) is 0 Å². The maximum atomic E-state index is 9.56. The summed E-state index contributed by atoms with van der Waals surface area (Å²) in [6.07, 6.45) is 8.78. The van der Waals surface area contributed by atoms with E-state index in [0.717, 1.165) is 25.7 Å². The van der Waals surface area contributed by atoms with E-state index in [-0.39, 0.29) is 0 Å². The number of aliphatic hydroxyl groups is 2. The van der Waals surface area contributed by atoms with E-state index in [1.54, 1.807) is 0 Å². The number of hydrogen-bond acceptors (Lipinski definition) is 2. The molecule has 2 nitrogen and oxygen atoms in total. The molecule has 0 aliphatic heterocycles. The number of unbranched alkanes of at least 4 members (excludes halogenated alkanes) is 5. The molecule has 0 rings (SSSR count). The van der Waals surface area contributed by atoms with Crippen molar-refractivity contribution in [3.8, 4) is 0 Å². The lowest BCUT2D eigenvalue weighted by atomic mass is 10.0. The number of hydrogen-bond donors (Lipinski definition) is 2. The summed E-state index contributed by atoms with van der Waals surface area (Å²) < 4.78 is 0. The third-order valence-corrected chi connectivity index (χ3v) is 2.61. The van der Waals surface area contributed by atoms with Gasteiger partial charge in [0.1, 0.15) is 0 Å². The van der Waals surface area contributed by atoms with Gasteiger partial charge in [0.2, 0.25) is 0 Å². The zero-order chi connectivity index (χ0) is 10.9. The van der Waals surface area contributed by atoms with Crippen LogP contribution in [-0.2, 0) is 0 Å². The molecule has 0 aromatic carbocycles. The van der Waals surface area contributed by atoms with Crippen molar-refractivity contribution in [3.63, 3.8) is 0 Å². The van der Waals surface area contributed by atoms with E-state index in [1.165, 1.54) is 19.3 Å². The molecule has 0 unspecified atom stereocenters. The van der Waals surface area contributed by atoms with Gasteiger partial charge in [-0.1, -0.05) is 46.0 Å². The first kappa shape index (κ1) is 13.9. The Bertz CT molecular complexity index is 121. The van der Waals surface area contributed by atoms with Gasteiger partial charge in [0.25, 0.3) is 0 Å². The highest BCUT2D eigenvalue weighted by molar-refractivity contribution is 4.64. The van der Waals surface area contributed by atoms with Crippen LogP contribution in [0.15, 0.2) is 0 Å². The summed E-state index contributed by atoms with van der Waals surface area (Å²) in [6.45, 7) is 4.25. The van der Waals surface area contributed by atoms with Crippen molar-refractivity contribution in [2.75, 3.05) is 0 Å². The van der Waals surface area contributed by atoms with Crippen LogP contribution >= 0.6 is 0 Å². The second-order valence-corrected chi connectivity index (χ2v) is 4.25. The fourth-order valence-corrected chi connectivity index (χ4v) is 1.60. The molecular formula is C12H26O2. The third-order valence-electron chi connectivity index (χ3n) is 2.61. The molecule has 0 aliphatic carbocycles. The van der Waals surface area contributed by atoms with Crippen LogP contribution in [0, 0.1) is 0 Å². The molecule has 0 aliphatic rings. The Labute approximate surface area is 88.3 Å². The van der Waals surface area contributed by atoms with E-state index in [0.29, 0.717) is 12.8 Å².